The van der Waals surface area contributed by atoms with Crippen molar-refractivity contribution in [2.24, 2.45) is 0 Å². The summed E-state index contributed by atoms with van der Waals surface area (Å²) in [5, 5.41) is 22.8. The van der Waals surface area contributed by atoms with Crippen LogP contribution in [-0.2, 0) is 11.2 Å². The second kappa shape index (κ2) is 8.53. The molecule has 0 radical (unpaired) electrons. The fourth-order valence-electron chi connectivity index (χ4n) is 2.58. The number of fused-ring (bicyclic) bond motifs is 1. The highest BCUT2D eigenvalue weighted by Crippen LogP contribution is 2.24. The maximum Gasteiger partial charge on any atom is 0.338 e. The molecule has 28 heavy (non-hydrogen) atoms. The average molecular weight is 401 g/mol. The van der Waals surface area contributed by atoms with Crippen LogP contribution in [0.3, 0.4) is 0 Å². The van der Waals surface area contributed by atoms with E-state index in [0.29, 0.717) is 6.42 Å². The SMILES string of the molecule is O=C(OCCCCc1nc2ccccc2s1)c1cc([N+](=O)[O-])cc([N+](=O)[O-])c1. The van der Waals surface area contributed by atoms with Crippen LogP contribution in [0, 0.1) is 20.2 Å². The lowest BCUT2D eigenvalue weighted by molar-refractivity contribution is -0.394. The Bertz CT molecular complexity index is 983. The van der Waals surface area contributed by atoms with E-state index in [1.165, 1.54) is 0 Å². The highest BCUT2D eigenvalue weighted by atomic mass is 32.1. The van der Waals surface area contributed by atoms with Crippen molar-refractivity contribution in [3.8, 4) is 0 Å². The number of unbranched alkanes of at least 4 members (excludes halogenated alkanes) is 1. The molecule has 0 N–H and O–H groups in total. The minimum atomic E-state index is -0.827. The Morgan fingerprint density at radius 3 is 2.36 bits per heavy atom. The van der Waals surface area contributed by atoms with Crippen molar-refractivity contribution in [3.63, 3.8) is 0 Å². The van der Waals surface area contributed by atoms with Gasteiger partial charge in [0.1, 0.15) is 0 Å². The number of nitro benzene ring substituents is 2. The van der Waals surface area contributed by atoms with Gasteiger partial charge in [-0.1, -0.05) is 12.1 Å². The smallest absolute Gasteiger partial charge is 0.338 e. The van der Waals surface area contributed by atoms with Gasteiger partial charge < -0.3 is 4.74 Å². The molecule has 0 saturated heterocycles. The summed E-state index contributed by atoms with van der Waals surface area (Å²) in [6, 6.07) is 10.6. The number of hydrogen-bond acceptors (Lipinski definition) is 8. The highest BCUT2D eigenvalue weighted by Gasteiger charge is 2.20. The summed E-state index contributed by atoms with van der Waals surface area (Å²) in [5.74, 6) is -0.827. The topological polar surface area (TPSA) is 125 Å². The molecule has 0 bridgehead atoms. The second-order valence-corrected chi connectivity index (χ2v) is 7.04. The molecule has 3 aromatic rings. The maximum absolute atomic E-state index is 12.1. The quantitative estimate of drug-likeness (QED) is 0.238. The highest BCUT2D eigenvalue weighted by molar-refractivity contribution is 7.18. The second-order valence-electron chi connectivity index (χ2n) is 5.92. The Kier molecular flexibility index (Phi) is 5.90. The van der Waals surface area contributed by atoms with Gasteiger partial charge in [0.25, 0.3) is 11.4 Å². The third-order valence-corrected chi connectivity index (χ3v) is 5.01. The van der Waals surface area contributed by atoms with Gasteiger partial charge in [-0.2, -0.15) is 0 Å². The summed E-state index contributed by atoms with van der Waals surface area (Å²) in [4.78, 5) is 36.8. The number of carbonyl (C=O) groups excluding carboxylic acids is 1. The van der Waals surface area contributed by atoms with Gasteiger partial charge in [0.05, 0.1) is 43.3 Å². The lowest BCUT2D eigenvalue weighted by Crippen LogP contribution is -2.08. The first-order chi connectivity index (χ1) is 13.4. The number of thiazole rings is 1. The molecular formula is C18H15N3O6S. The number of aryl methyl sites for hydroxylation is 1. The minimum Gasteiger partial charge on any atom is -0.462 e. The first-order valence-electron chi connectivity index (χ1n) is 8.39. The maximum atomic E-state index is 12.1. The van der Waals surface area contributed by atoms with Crippen molar-refractivity contribution in [1.29, 1.82) is 0 Å². The van der Waals surface area contributed by atoms with Crippen LogP contribution >= 0.6 is 11.3 Å². The van der Waals surface area contributed by atoms with Gasteiger partial charge in [-0.15, -0.1) is 11.3 Å². The van der Waals surface area contributed by atoms with Crippen molar-refractivity contribution in [3.05, 3.63) is 73.3 Å². The Balaban J connectivity index is 1.52. The fourth-order valence-corrected chi connectivity index (χ4v) is 3.59. The number of nitrogens with zero attached hydrogens (tertiary/aromatic N) is 3. The van der Waals surface area contributed by atoms with Crippen LogP contribution in [0.15, 0.2) is 42.5 Å². The van der Waals surface area contributed by atoms with E-state index in [1.807, 2.05) is 24.3 Å². The third kappa shape index (κ3) is 4.65. The molecule has 3 rings (SSSR count). The zero-order chi connectivity index (χ0) is 20.1. The Labute approximate surface area is 162 Å². The van der Waals surface area contributed by atoms with E-state index in [1.54, 1.807) is 11.3 Å². The van der Waals surface area contributed by atoms with E-state index in [-0.39, 0.29) is 12.2 Å². The molecule has 0 aliphatic heterocycles. The lowest BCUT2D eigenvalue weighted by Gasteiger charge is -2.04. The van der Waals surface area contributed by atoms with E-state index < -0.39 is 27.2 Å². The predicted molar refractivity (Wildman–Crippen MR) is 103 cm³/mol. The number of para-hydroxylation sites is 1. The van der Waals surface area contributed by atoms with E-state index in [9.17, 15) is 25.0 Å². The number of esters is 1. The van der Waals surface area contributed by atoms with Crippen LogP contribution in [0.25, 0.3) is 10.2 Å². The number of ether oxygens (including phenoxy) is 1. The molecule has 0 atom stereocenters. The molecular weight excluding hydrogens is 386 g/mol. The molecule has 0 aliphatic rings. The molecule has 0 aliphatic carbocycles. The molecule has 0 spiro atoms. The number of rotatable bonds is 8. The van der Waals surface area contributed by atoms with Crippen LogP contribution in [0.5, 0.6) is 0 Å². The summed E-state index contributed by atoms with van der Waals surface area (Å²) in [7, 11) is 0. The van der Waals surface area contributed by atoms with Gasteiger partial charge in [-0.25, -0.2) is 9.78 Å². The molecule has 10 heteroatoms. The number of hydrogen-bond donors (Lipinski definition) is 0. The number of aromatic nitrogens is 1. The van der Waals surface area contributed by atoms with E-state index in [2.05, 4.69) is 4.98 Å². The molecule has 2 aromatic carbocycles. The molecule has 0 saturated carbocycles. The van der Waals surface area contributed by atoms with Gasteiger partial charge >= 0.3 is 5.97 Å². The summed E-state index contributed by atoms with van der Waals surface area (Å²) in [6.45, 7) is 0.111. The summed E-state index contributed by atoms with van der Waals surface area (Å²) < 4.78 is 6.21. The predicted octanol–water partition coefficient (Wildman–Crippen LogP) is 4.29. The Hall–Kier alpha value is -3.40. The van der Waals surface area contributed by atoms with Gasteiger partial charge in [0.2, 0.25) is 0 Å². The van der Waals surface area contributed by atoms with Crippen LogP contribution in [0.4, 0.5) is 11.4 Å². The number of non-ortho nitro benzene ring substituents is 2. The van der Waals surface area contributed by atoms with Crippen LogP contribution < -0.4 is 0 Å². The standard InChI is InChI=1S/C18H15N3O6S/c22-18(12-9-13(20(23)24)11-14(10-12)21(25)26)27-8-4-3-7-17-19-15-5-1-2-6-16(15)28-17/h1-2,5-6,9-11H,3-4,7-8H2. The first kappa shape index (κ1) is 19.4. The summed E-state index contributed by atoms with van der Waals surface area (Å²) >= 11 is 1.62. The third-order valence-electron chi connectivity index (χ3n) is 3.92. The fraction of sp³-hybridized carbons (Fsp3) is 0.222. The summed E-state index contributed by atoms with van der Waals surface area (Å²) in [6.07, 6.45) is 2.08. The molecule has 144 valence electrons. The molecule has 0 unspecified atom stereocenters. The number of carbonyl (C=O) groups is 1. The van der Waals surface area contributed by atoms with Crippen LogP contribution in [0.1, 0.15) is 28.2 Å². The van der Waals surface area contributed by atoms with Crippen molar-refractivity contribution >= 4 is 38.9 Å². The van der Waals surface area contributed by atoms with Crippen molar-refractivity contribution in [2.75, 3.05) is 6.61 Å². The Morgan fingerprint density at radius 1 is 1.04 bits per heavy atom. The van der Waals surface area contributed by atoms with Crippen LogP contribution in [0.2, 0.25) is 0 Å². The molecule has 9 nitrogen and oxygen atoms in total. The Morgan fingerprint density at radius 2 is 1.71 bits per heavy atom. The zero-order valence-corrected chi connectivity index (χ0v) is 15.4. The van der Waals surface area contributed by atoms with Crippen LogP contribution in [-0.4, -0.2) is 27.4 Å². The zero-order valence-electron chi connectivity index (χ0n) is 14.6. The minimum absolute atomic E-state index is 0.111. The molecule has 0 amide bonds. The molecule has 1 heterocycles. The average Bonchev–Trinajstić information content (AvgIpc) is 3.09. The molecule has 1 aromatic heterocycles. The largest absolute Gasteiger partial charge is 0.462 e. The monoisotopic (exact) mass is 401 g/mol. The number of nitro groups is 2. The van der Waals surface area contributed by atoms with Gasteiger partial charge in [0, 0.05) is 12.1 Å². The lowest BCUT2D eigenvalue weighted by atomic mass is 10.2. The van der Waals surface area contributed by atoms with E-state index in [0.717, 1.165) is 46.3 Å². The van der Waals surface area contributed by atoms with Gasteiger partial charge in [-0.05, 0) is 31.4 Å². The summed E-state index contributed by atoms with van der Waals surface area (Å²) in [5.41, 5.74) is -0.317. The van der Waals surface area contributed by atoms with Crippen molar-refractivity contribution in [2.45, 2.75) is 19.3 Å². The van der Waals surface area contributed by atoms with Crippen molar-refractivity contribution < 1.29 is 19.4 Å². The number of benzene rings is 2. The van der Waals surface area contributed by atoms with E-state index >= 15 is 0 Å². The van der Waals surface area contributed by atoms with Gasteiger partial charge in [0.15, 0.2) is 0 Å². The van der Waals surface area contributed by atoms with Crippen molar-refractivity contribution in [1.82, 2.24) is 4.98 Å². The van der Waals surface area contributed by atoms with E-state index in [4.69, 9.17) is 4.74 Å². The van der Waals surface area contributed by atoms with Gasteiger partial charge in [-0.3, -0.25) is 20.2 Å². The first-order valence-corrected chi connectivity index (χ1v) is 9.21. The molecule has 0 fully saturated rings. The normalized spacial score (nSPS) is 10.7.